The molecule has 1 fully saturated rings. The number of fused-ring (bicyclic) bond motifs is 2. The Morgan fingerprint density at radius 3 is 2.73 bits per heavy atom. The first-order chi connectivity index (χ1) is 12.4. The van der Waals surface area contributed by atoms with Crippen LogP contribution >= 0.6 is 0 Å². The highest BCUT2D eigenvalue weighted by molar-refractivity contribution is 5.89. The molecular formula is C20H24N4O2. The van der Waals surface area contributed by atoms with E-state index < -0.39 is 0 Å². The molecule has 6 heteroatoms. The second-order valence-corrected chi connectivity index (χ2v) is 7.64. The number of nitrogens with zero attached hydrogens (tertiary/aromatic N) is 3. The number of ether oxygens (including phenoxy) is 1. The van der Waals surface area contributed by atoms with Crippen LogP contribution in [0, 0.1) is 6.92 Å². The number of aryl methyl sites for hydroxylation is 1. The summed E-state index contributed by atoms with van der Waals surface area (Å²) in [4.78, 5) is 22.8. The van der Waals surface area contributed by atoms with E-state index in [1.807, 2.05) is 32.2 Å². The van der Waals surface area contributed by atoms with Gasteiger partial charge in [0.2, 0.25) is 11.8 Å². The van der Waals surface area contributed by atoms with Gasteiger partial charge in [-0.25, -0.2) is 4.98 Å². The number of anilines is 3. The maximum atomic E-state index is 11.4. The largest absolute Gasteiger partial charge is 0.475 e. The van der Waals surface area contributed by atoms with Crippen molar-refractivity contribution in [3.63, 3.8) is 0 Å². The van der Waals surface area contributed by atoms with Crippen LogP contribution < -0.4 is 15.0 Å². The molecule has 26 heavy (non-hydrogen) atoms. The van der Waals surface area contributed by atoms with Crippen LogP contribution in [0.3, 0.4) is 0 Å². The molecule has 136 valence electrons. The Balaban J connectivity index is 1.75. The lowest BCUT2D eigenvalue weighted by molar-refractivity contribution is -0.114. The Bertz CT molecular complexity index is 874. The number of nitrogens with one attached hydrogen (secondary N) is 1. The molecule has 1 aliphatic carbocycles. The summed E-state index contributed by atoms with van der Waals surface area (Å²) >= 11 is 0. The van der Waals surface area contributed by atoms with Crippen LogP contribution in [0.1, 0.15) is 44.7 Å². The molecule has 0 radical (unpaired) electrons. The van der Waals surface area contributed by atoms with E-state index in [0.717, 1.165) is 23.6 Å². The zero-order valence-corrected chi connectivity index (χ0v) is 15.7. The van der Waals surface area contributed by atoms with Crippen molar-refractivity contribution in [3.8, 4) is 5.88 Å². The summed E-state index contributed by atoms with van der Waals surface area (Å²) < 4.78 is 5.82. The second-order valence-electron chi connectivity index (χ2n) is 7.64. The molecule has 0 saturated heterocycles. The molecule has 2 aromatic heterocycles. The number of carbonyl (C=O) groups is 1. The molecule has 1 amide bonds. The molecule has 2 aromatic rings. The van der Waals surface area contributed by atoms with Crippen molar-refractivity contribution in [1.29, 1.82) is 0 Å². The number of hydrogen-bond donors (Lipinski definition) is 1. The third-order valence-electron chi connectivity index (χ3n) is 4.93. The van der Waals surface area contributed by atoms with E-state index in [1.54, 1.807) is 0 Å². The minimum atomic E-state index is -0.121. The maximum Gasteiger partial charge on any atom is 0.222 e. The number of hydrogen-bond acceptors (Lipinski definition) is 5. The highest BCUT2D eigenvalue weighted by Gasteiger charge is 2.52. The van der Waals surface area contributed by atoms with Crippen molar-refractivity contribution < 1.29 is 9.53 Å². The SMILES string of the molecule is CC(=O)Nc1cc2c(cn1)C1(CC1)CN2c1cc(C)cc(OC(C)C)n1. The number of amides is 1. The lowest BCUT2D eigenvalue weighted by atomic mass is 10.0. The van der Waals surface area contributed by atoms with Gasteiger partial charge in [-0.3, -0.25) is 4.79 Å². The number of carbonyl (C=O) groups excluding carboxylic acids is 1. The molecule has 6 nitrogen and oxygen atoms in total. The summed E-state index contributed by atoms with van der Waals surface area (Å²) in [5.41, 5.74) is 3.62. The topological polar surface area (TPSA) is 67.4 Å². The highest BCUT2D eigenvalue weighted by atomic mass is 16.5. The van der Waals surface area contributed by atoms with Gasteiger partial charge in [0.1, 0.15) is 11.6 Å². The van der Waals surface area contributed by atoms with Crippen molar-refractivity contribution in [2.45, 2.75) is 52.1 Å². The number of pyridine rings is 2. The molecule has 4 rings (SSSR count). The molecule has 1 aliphatic heterocycles. The van der Waals surface area contributed by atoms with Crippen LogP contribution in [0.4, 0.5) is 17.3 Å². The van der Waals surface area contributed by atoms with E-state index in [9.17, 15) is 4.79 Å². The summed E-state index contributed by atoms with van der Waals surface area (Å²) in [6.45, 7) is 8.44. The van der Waals surface area contributed by atoms with E-state index in [-0.39, 0.29) is 17.4 Å². The van der Waals surface area contributed by atoms with Gasteiger partial charge in [0.05, 0.1) is 11.8 Å². The first-order valence-electron chi connectivity index (χ1n) is 9.07. The lowest BCUT2D eigenvalue weighted by Gasteiger charge is -2.21. The minimum Gasteiger partial charge on any atom is -0.475 e. The van der Waals surface area contributed by atoms with Crippen LogP contribution in [0.15, 0.2) is 24.4 Å². The summed E-state index contributed by atoms with van der Waals surface area (Å²) in [6.07, 6.45) is 4.32. The van der Waals surface area contributed by atoms with Crippen LogP contribution in [0.5, 0.6) is 5.88 Å². The molecular weight excluding hydrogens is 328 g/mol. The third kappa shape index (κ3) is 3.00. The van der Waals surface area contributed by atoms with Crippen molar-refractivity contribution in [2.75, 3.05) is 16.8 Å². The Kier molecular flexibility index (Phi) is 3.86. The lowest BCUT2D eigenvalue weighted by Crippen LogP contribution is -2.20. The van der Waals surface area contributed by atoms with E-state index in [4.69, 9.17) is 9.72 Å². The number of rotatable bonds is 4. The molecule has 2 aliphatic rings. The third-order valence-corrected chi connectivity index (χ3v) is 4.93. The Morgan fingerprint density at radius 2 is 2.08 bits per heavy atom. The fourth-order valence-electron chi connectivity index (χ4n) is 3.64. The summed E-state index contributed by atoms with van der Waals surface area (Å²) in [5, 5.41) is 2.78. The highest BCUT2D eigenvalue weighted by Crippen LogP contribution is 2.58. The Morgan fingerprint density at radius 1 is 1.31 bits per heavy atom. The van der Waals surface area contributed by atoms with Gasteiger partial charge in [-0.15, -0.1) is 0 Å². The average molecular weight is 352 g/mol. The van der Waals surface area contributed by atoms with Gasteiger partial charge >= 0.3 is 0 Å². The van der Waals surface area contributed by atoms with Crippen molar-refractivity contribution in [1.82, 2.24) is 9.97 Å². The molecule has 1 saturated carbocycles. The van der Waals surface area contributed by atoms with Gasteiger partial charge in [-0.05, 0) is 45.2 Å². The van der Waals surface area contributed by atoms with Crippen LogP contribution in [0.2, 0.25) is 0 Å². The smallest absolute Gasteiger partial charge is 0.222 e. The first-order valence-corrected chi connectivity index (χ1v) is 9.07. The monoisotopic (exact) mass is 352 g/mol. The second kappa shape index (κ2) is 5.97. The molecule has 0 aromatic carbocycles. The molecule has 1 N–H and O–H groups in total. The maximum absolute atomic E-state index is 11.4. The standard InChI is InChI=1S/C20H24N4O2/c1-12(2)26-19-8-13(3)7-18(23-19)24-11-20(5-6-20)15-10-21-17(9-16(15)24)22-14(4)25/h7-10,12H,5-6,11H2,1-4H3,(H,21,22,25). The van der Waals surface area contributed by atoms with Gasteiger partial charge in [0.15, 0.2) is 0 Å². The quantitative estimate of drug-likeness (QED) is 0.908. The molecule has 0 bridgehead atoms. The van der Waals surface area contributed by atoms with E-state index in [2.05, 4.69) is 28.2 Å². The van der Waals surface area contributed by atoms with Crippen LogP contribution in [0.25, 0.3) is 0 Å². The van der Waals surface area contributed by atoms with E-state index in [0.29, 0.717) is 11.7 Å². The Hall–Kier alpha value is -2.63. The minimum absolute atomic E-state index is 0.0772. The fourth-order valence-corrected chi connectivity index (χ4v) is 3.64. The van der Waals surface area contributed by atoms with Gasteiger partial charge in [0.25, 0.3) is 0 Å². The van der Waals surface area contributed by atoms with E-state index in [1.165, 1.54) is 25.3 Å². The summed E-state index contributed by atoms with van der Waals surface area (Å²) in [5.74, 6) is 1.98. The normalized spacial score (nSPS) is 16.7. The predicted molar refractivity (Wildman–Crippen MR) is 101 cm³/mol. The fraction of sp³-hybridized carbons (Fsp3) is 0.450. The van der Waals surface area contributed by atoms with Gasteiger partial charge in [-0.2, -0.15) is 4.98 Å². The summed E-state index contributed by atoms with van der Waals surface area (Å²) in [6, 6.07) is 6.00. The molecule has 0 atom stereocenters. The molecule has 3 heterocycles. The molecule has 1 spiro atoms. The Labute approximate surface area is 153 Å². The molecule has 0 unspecified atom stereocenters. The van der Waals surface area contributed by atoms with E-state index >= 15 is 0 Å². The average Bonchev–Trinajstić information content (AvgIpc) is 3.23. The zero-order chi connectivity index (χ0) is 18.5. The van der Waals surface area contributed by atoms with Crippen LogP contribution in [-0.2, 0) is 10.2 Å². The first kappa shape index (κ1) is 16.8. The van der Waals surface area contributed by atoms with Gasteiger partial charge in [-0.1, -0.05) is 0 Å². The van der Waals surface area contributed by atoms with Crippen LogP contribution in [-0.4, -0.2) is 28.5 Å². The predicted octanol–water partition coefficient (Wildman–Crippen LogP) is 3.71. The van der Waals surface area contributed by atoms with Gasteiger partial charge < -0.3 is 15.0 Å². The van der Waals surface area contributed by atoms with Crippen molar-refractivity contribution in [3.05, 3.63) is 35.5 Å². The summed E-state index contributed by atoms with van der Waals surface area (Å²) in [7, 11) is 0. The van der Waals surface area contributed by atoms with Gasteiger partial charge in [0, 0.05) is 42.8 Å². The van der Waals surface area contributed by atoms with Crippen molar-refractivity contribution in [2.24, 2.45) is 0 Å². The number of aromatic nitrogens is 2. The zero-order valence-electron chi connectivity index (χ0n) is 15.7. The van der Waals surface area contributed by atoms with Crippen molar-refractivity contribution >= 4 is 23.2 Å².